The number of rotatable bonds is 0. The Balaban J connectivity index is 3.11. The summed E-state index contributed by atoms with van der Waals surface area (Å²) in [6, 6.07) is 0. The standard InChI is InChI=1S/C8H10O3/c1-8(2)4-3-5(9)6(10)7(8)11/h3-4,9-10H,1-2H3. The molecule has 0 amide bonds. The van der Waals surface area contributed by atoms with Crippen molar-refractivity contribution in [3.8, 4) is 0 Å². The Morgan fingerprint density at radius 2 is 1.91 bits per heavy atom. The van der Waals surface area contributed by atoms with Crippen LogP contribution in [-0.2, 0) is 4.79 Å². The summed E-state index contributed by atoms with van der Waals surface area (Å²) in [6.07, 6.45) is 2.89. The number of aliphatic hydroxyl groups is 2. The van der Waals surface area contributed by atoms with Crippen LogP contribution in [0.4, 0.5) is 0 Å². The predicted molar refractivity (Wildman–Crippen MR) is 40.2 cm³/mol. The fourth-order valence-electron chi connectivity index (χ4n) is 0.863. The van der Waals surface area contributed by atoms with Gasteiger partial charge in [0.05, 0.1) is 0 Å². The molecular weight excluding hydrogens is 144 g/mol. The first-order valence-electron chi connectivity index (χ1n) is 3.31. The van der Waals surface area contributed by atoms with Crippen LogP contribution >= 0.6 is 0 Å². The molecule has 0 saturated carbocycles. The van der Waals surface area contributed by atoms with Crippen molar-refractivity contribution in [1.82, 2.24) is 0 Å². The molecule has 0 aromatic heterocycles. The smallest absolute Gasteiger partial charge is 0.210 e. The van der Waals surface area contributed by atoms with E-state index in [2.05, 4.69) is 0 Å². The minimum atomic E-state index is -0.698. The molecule has 3 heteroatoms. The molecule has 0 unspecified atom stereocenters. The predicted octanol–water partition coefficient (Wildman–Crippen LogP) is 1.48. The SMILES string of the molecule is CC1(C)C=CC(O)=C(O)C1=O. The normalized spacial score (nSPS) is 22.5. The molecule has 11 heavy (non-hydrogen) atoms. The second-order valence-corrected chi connectivity index (χ2v) is 3.12. The number of carbonyl (C=O) groups is 1. The lowest BCUT2D eigenvalue weighted by atomic mass is 9.83. The maximum Gasteiger partial charge on any atom is 0.210 e. The summed E-state index contributed by atoms with van der Waals surface area (Å²) in [5.41, 5.74) is -0.698. The van der Waals surface area contributed by atoms with Gasteiger partial charge >= 0.3 is 0 Å². The molecule has 0 aliphatic heterocycles. The van der Waals surface area contributed by atoms with E-state index in [1.807, 2.05) is 0 Å². The number of Topliss-reactive ketones (excluding diaryl/α,β-unsaturated/α-hetero) is 1. The summed E-state index contributed by atoms with van der Waals surface area (Å²) in [5.74, 6) is -1.34. The summed E-state index contributed by atoms with van der Waals surface area (Å²) in [7, 11) is 0. The van der Waals surface area contributed by atoms with Gasteiger partial charge in [-0.25, -0.2) is 0 Å². The highest BCUT2D eigenvalue weighted by molar-refractivity contribution is 6.00. The zero-order valence-corrected chi connectivity index (χ0v) is 6.46. The van der Waals surface area contributed by atoms with E-state index in [4.69, 9.17) is 10.2 Å². The van der Waals surface area contributed by atoms with Gasteiger partial charge in [-0.3, -0.25) is 4.79 Å². The zero-order valence-electron chi connectivity index (χ0n) is 6.46. The van der Waals surface area contributed by atoms with Crippen LogP contribution in [-0.4, -0.2) is 16.0 Å². The van der Waals surface area contributed by atoms with Gasteiger partial charge in [0.2, 0.25) is 11.5 Å². The summed E-state index contributed by atoms with van der Waals surface area (Å²) in [5, 5.41) is 17.9. The first kappa shape index (κ1) is 7.85. The summed E-state index contributed by atoms with van der Waals surface area (Å²) >= 11 is 0. The van der Waals surface area contributed by atoms with Gasteiger partial charge in [0.1, 0.15) is 0 Å². The summed E-state index contributed by atoms with van der Waals surface area (Å²) in [6.45, 7) is 3.35. The van der Waals surface area contributed by atoms with Gasteiger partial charge in [-0.15, -0.1) is 0 Å². The van der Waals surface area contributed by atoms with Gasteiger partial charge in [0, 0.05) is 5.41 Å². The van der Waals surface area contributed by atoms with Crippen LogP contribution < -0.4 is 0 Å². The second kappa shape index (κ2) is 2.12. The Labute approximate surface area is 64.7 Å². The monoisotopic (exact) mass is 154 g/mol. The molecule has 0 aromatic rings. The molecule has 1 aliphatic rings. The van der Waals surface area contributed by atoms with Crippen molar-refractivity contribution < 1.29 is 15.0 Å². The maximum atomic E-state index is 11.1. The highest BCUT2D eigenvalue weighted by Crippen LogP contribution is 2.27. The van der Waals surface area contributed by atoms with Crippen molar-refractivity contribution in [3.05, 3.63) is 23.7 Å². The van der Waals surface area contributed by atoms with E-state index in [9.17, 15) is 4.79 Å². The molecule has 1 aliphatic carbocycles. The topological polar surface area (TPSA) is 57.5 Å². The largest absolute Gasteiger partial charge is 0.504 e. The number of ketones is 1. The lowest BCUT2D eigenvalue weighted by Gasteiger charge is -2.21. The Morgan fingerprint density at radius 3 is 2.36 bits per heavy atom. The molecule has 1 rings (SSSR count). The van der Waals surface area contributed by atoms with Crippen molar-refractivity contribution in [3.63, 3.8) is 0 Å². The van der Waals surface area contributed by atoms with E-state index in [1.54, 1.807) is 19.9 Å². The van der Waals surface area contributed by atoms with E-state index in [0.29, 0.717) is 0 Å². The number of hydrogen-bond donors (Lipinski definition) is 2. The Kier molecular flexibility index (Phi) is 1.51. The Hall–Kier alpha value is -1.25. The molecule has 60 valence electrons. The van der Waals surface area contributed by atoms with Crippen LogP contribution in [0.1, 0.15) is 13.8 Å². The van der Waals surface area contributed by atoms with Crippen molar-refractivity contribution >= 4 is 5.78 Å². The zero-order chi connectivity index (χ0) is 8.65. The van der Waals surface area contributed by atoms with Crippen molar-refractivity contribution in [2.45, 2.75) is 13.8 Å². The van der Waals surface area contributed by atoms with Crippen molar-refractivity contribution in [2.75, 3.05) is 0 Å². The fourth-order valence-corrected chi connectivity index (χ4v) is 0.863. The van der Waals surface area contributed by atoms with E-state index >= 15 is 0 Å². The lowest BCUT2D eigenvalue weighted by molar-refractivity contribution is -0.124. The lowest BCUT2D eigenvalue weighted by Crippen LogP contribution is -2.26. The molecule has 0 heterocycles. The van der Waals surface area contributed by atoms with Gasteiger partial charge in [0.25, 0.3) is 0 Å². The van der Waals surface area contributed by atoms with E-state index in [1.165, 1.54) is 6.08 Å². The molecule has 0 spiro atoms. The quantitative estimate of drug-likeness (QED) is 0.555. The first-order chi connectivity index (χ1) is 4.95. The Morgan fingerprint density at radius 1 is 1.36 bits per heavy atom. The van der Waals surface area contributed by atoms with Gasteiger partial charge in [-0.2, -0.15) is 0 Å². The molecular formula is C8H10O3. The van der Waals surface area contributed by atoms with Crippen LogP contribution in [0, 0.1) is 5.41 Å². The maximum absolute atomic E-state index is 11.1. The van der Waals surface area contributed by atoms with Crippen LogP contribution in [0.3, 0.4) is 0 Å². The molecule has 3 nitrogen and oxygen atoms in total. The number of allylic oxidation sites excluding steroid dienone is 3. The van der Waals surface area contributed by atoms with Gasteiger partial charge < -0.3 is 10.2 Å². The minimum absolute atomic E-state index is 0.352. The molecule has 0 saturated heterocycles. The van der Waals surface area contributed by atoms with Crippen molar-refractivity contribution in [2.24, 2.45) is 5.41 Å². The highest BCUT2D eigenvalue weighted by atomic mass is 16.3. The van der Waals surface area contributed by atoms with E-state index in [-0.39, 0.29) is 5.76 Å². The molecule has 0 bridgehead atoms. The molecule has 0 radical (unpaired) electrons. The third-order valence-electron chi connectivity index (χ3n) is 1.70. The van der Waals surface area contributed by atoms with Crippen LogP contribution in [0.25, 0.3) is 0 Å². The van der Waals surface area contributed by atoms with Gasteiger partial charge in [-0.1, -0.05) is 6.08 Å². The van der Waals surface area contributed by atoms with E-state index in [0.717, 1.165) is 0 Å². The third-order valence-corrected chi connectivity index (χ3v) is 1.70. The van der Waals surface area contributed by atoms with Crippen LogP contribution in [0.15, 0.2) is 23.7 Å². The number of aliphatic hydroxyl groups excluding tert-OH is 2. The van der Waals surface area contributed by atoms with E-state index < -0.39 is 17.0 Å². The summed E-state index contributed by atoms with van der Waals surface area (Å²) < 4.78 is 0. The fraction of sp³-hybridized carbons (Fsp3) is 0.375. The average molecular weight is 154 g/mol. The van der Waals surface area contributed by atoms with Gasteiger partial charge in [-0.05, 0) is 19.9 Å². The van der Waals surface area contributed by atoms with Gasteiger partial charge in [0.15, 0.2) is 5.76 Å². The van der Waals surface area contributed by atoms with Crippen molar-refractivity contribution in [1.29, 1.82) is 0 Å². The first-order valence-corrected chi connectivity index (χ1v) is 3.31. The Bertz CT molecular complexity index is 259. The molecule has 0 aromatic carbocycles. The third kappa shape index (κ3) is 1.13. The second-order valence-electron chi connectivity index (χ2n) is 3.12. The minimum Gasteiger partial charge on any atom is -0.504 e. The highest BCUT2D eigenvalue weighted by Gasteiger charge is 2.32. The van der Waals surface area contributed by atoms with Crippen LogP contribution in [0.2, 0.25) is 0 Å². The molecule has 0 atom stereocenters. The van der Waals surface area contributed by atoms with Crippen LogP contribution in [0.5, 0.6) is 0 Å². The molecule has 2 N–H and O–H groups in total. The average Bonchev–Trinajstić information content (AvgIpc) is 1.95. The molecule has 0 fully saturated rings. The summed E-state index contributed by atoms with van der Waals surface area (Å²) in [4.78, 5) is 11.1. The number of hydrogen-bond acceptors (Lipinski definition) is 3. The number of carbonyl (C=O) groups excluding carboxylic acids is 1.